The molecule has 1 aromatic heterocycles. The Balaban J connectivity index is 2.22. The highest BCUT2D eigenvalue weighted by Gasteiger charge is 2.24. The van der Waals surface area contributed by atoms with Gasteiger partial charge in [-0.25, -0.2) is 4.68 Å². The Morgan fingerprint density at radius 1 is 1.15 bits per heavy atom. The number of para-hydroxylation sites is 1. The number of benzene rings is 1. The predicted octanol–water partition coefficient (Wildman–Crippen LogP) is 1.00. The highest BCUT2D eigenvalue weighted by molar-refractivity contribution is 5.99. The number of rotatable bonds is 5. The standard InChI is InChI=1S/C18H23N5O3/c1-11(16(25)21-18(2,3)4)20-17(26)13-10-14(15(19)24)23(22-13)12-8-6-5-7-9-12/h5-11H,1-4H3,(H2,19,24)(H,20,26)(H,21,25). The minimum atomic E-state index is -0.763. The summed E-state index contributed by atoms with van der Waals surface area (Å²) in [6.45, 7) is 7.11. The third kappa shape index (κ3) is 4.69. The molecular formula is C18H23N5O3. The van der Waals surface area contributed by atoms with E-state index in [0.717, 1.165) is 0 Å². The average Bonchev–Trinajstić information content (AvgIpc) is 2.99. The van der Waals surface area contributed by atoms with Gasteiger partial charge in [0, 0.05) is 11.6 Å². The van der Waals surface area contributed by atoms with E-state index >= 15 is 0 Å². The van der Waals surface area contributed by atoms with Gasteiger partial charge in [-0.05, 0) is 39.8 Å². The fourth-order valence-corrected chi connectivity index (χ4v) is 2.25. The third-order valence-corrected chi connectivity index (χ3v) is 3.43. The van der Waals surface area contributed by atoms with Crippen LogP contribution in [-0.2, 0) is 4.79 Å². The molecule has 0 saturated heterocycles. The first-order valence-corrected chi connectivity index (χ1v) is 8.16. The third-order valence-electron chi connectivity index (χ3n) is 3.43. The summed E-state index contributed by atoms with van der Waals surface area (Å²) in [5.74, 6) is -1.60. The lowest BCUT2D eigenvalue weighted by atomic mass is 10.1. The van der Waals surface area contributed by atoms with Crippen molar-refractivity contribution in [3.63, 3.8) is 0 Å². The number of carbonyl (C=O) groups excluding carboxylic acids is 3. The van der Waals surface area contributed by atoms with Crippen LogP contribution in [0.3, 0.4) is 0 Å². The second-order valence-corrected chi connectivity index (χ2v) is 6.96. The number of carbonyl (C=O) groups is 3. The van der Waals surface area contributed by atoms with Crippen molar-refractivity contribution in [1.29, 1.82) is 0 Å². The summed E-state index contributed by atoms with van der Waals surface area (Å²) >= 11 is 0. The lowest BCUT2D eigenvalue weighted by molar-refractivity contribution is -0.124. The molecule has 2 aromatic rings. The van der Waals surface area contributed by atoms with Crippen molar-refractivity contribution in [3.05, 3.63) is 47.8 Å². The van der Waals surface area contributed by atoms with E-state index in [0.29, 0.717) is 5.69 Å². The van der Waals surface area contributed by atoms with Gasteiger partial charge in [0.05, 0.1) is 5.69 Å². The number of aromatic nitrogens is 2. The van der Waals surface area contributed by atoms with E-state index in [1.807, 2.05) is 26.8 Å². The zero-order chi connectivity index (χ0) is 19.5. The van der Waals surface area contributed by atoms with Gasteiger partial charge in [0.25, 0.3) is 11.8 Å². The molecule has 0 saturated carbocycles. The normalized spacial score (nSPS) is 12.3. The molecule has 1 aromatic carbocycles. The van der Waals surface area contributed by atoms with Crippen molar-refractivity contribution in [2.45, 2.75) is 39.3 Å². The molecule has 3 amide bonds. The van der Waals surface area contributed by atoms with Gasteiger partial charge in [-0.1, -0.05) is 18.2 Å². The first kappa shape index (κ1) is 19.2. The van der Waals surface area contributed by atoms with E-state index in [-0.39, 0.29) is 17.3 Å². The van der Waals surface area contributed by atoms with Crippen LogP contribution in [0.2, 0.25) is 0 Å². The first-order valence-electron chi connectivity index (χ1n) is 8.16. The Labute approximate surface area is 151 Å². The number of hydrogen-bond donors (Lipinski definition) is 3. The van der Waals surface area contributed by atoms with Gasteiger partial charge in [-0.3, -0.25) is 14.4 Å². The molecule has 0 fully saturated rings. The van der Waals surface area contributed by atoms with Gasteiger partial charge in [0.1, 0.15) is 11.7 Å². The van der Waals surface area contributed by atoms with E-state index in [9.17, 15) is 14.4 Å². The number of hydrogen-bond acceptors (Lipinski definition) is 4. The first-order chi connectivity index (χ1) is 12.1. The Hall–Kier alpha value is -3.16. The van der Waals surface area contributed by atoms with E-state index in [1.54, 1.807) is 31.2 Å². The molecule has 138 valence electrons. The molecule has 0 aliphatic heterocycles. The zero-order valence-corrected chi connectivity index (χ0v) is 15.2. The van der Waals surface area contributed by atoms with Crippen molar-refractivity contribution in [3.8, 4) is 5.69 Å². The summed E-state index contributed by atoms with van der Waals surface area (Å²) < 4.78 is 1.30. The van der Waals surface area contributed by atoms with E-state index in [2.05, 4.69) is 15.7 Å². The van der Waals surface area contributed by atoms with E-state index in [4.69, 9.17) is 5.73 Å². The van der Waals surface area contributed by atoms with Gasteiger partial charge in [-0.15, -0.1) is 0 Å². The molecule has 0 spiro atoms. The average molecular weight is 357 g/mol. The fourth-order valence-electron chi connectivity index (χ4n) is 2.25. The van der Waals surface area contributed by atoms with Crippen molar-refractivity contribution in [2.24, 2.45) is 5.73 Å². The van der Waals surface area contributed by atoms with Crippen LogP contribution in [0.1, 0.15) is 48.7 Å². The molecule has 8 nitrogen and oxygen atoms in total. The van der Waals surface area contributed by atoms with Gasteiger partial charge in [-0.2, -0.15) is 5.10 Å². The van der Waals surface area contributed by atoms with E-state index < -0.39 is 23.4 Å². The van der Waals surface area contributed by atoms with Crippen LogP contribution in [0.25, 0.3) is 5.69 Å². The smallest absolute Gasteiger partial charge is 0.272 e. The van der Waals surface area contributed by atoms with Crippen molar-refractivity contribution in [1.82, 2.24) is 20.4 Å². The molecule has 1 atom stereocenters. The number of amides is 3. The monoisotopic (exact) mass is 357 g/mol. The van der Waals surface area contributed by atoms with Crippen LogP contribution in [-0.4, -0.2) is 39.1 Å². The summed E-state index contributed by atoms with van der Waals surface area (Å²) in [6, 6.07) is 9.39. The van der Waals surface area contributed by atoms with Crippen molar-refractivity contribution >= 4 is 17.7 Å². The fraction of sp³-hybridized carbons (Fsp3) is 0.333. The minimum absolute atomic E-state index is 0.00179. The summed E-state index contributed by atoms with van der Waals surface area (Å²) in [4.78, 5) is 36.2. The Kier molecular flexibility index (Phi) is 5.44. The SMILES string of the molecule is CC(NC(=O)c1cc(C(N)=O)n(-c2ccccc2)n1)C(=O)NC(C)(C)C. The molecule has 0 bridgehead atoms. The molecule has 4 N–H and O–H groups in total. The lowest BCUT2D eigenvalue weighted by Gasteiger charge is -2.23. The Morgan fingerprint density at radius 3 is 2.31 bits per heavy atom. The maximum atomic E-state index is 12.4. The summed E-state index contributed by atoms with van der Waals surface area (Å²) in [5.41, 5.74) is 5.65. The highest BCUT2D eigenvalue weighted by Crippen LogP contribution is 2.12. The van der Waals surface area contributed by atoms with Crippen LogP contribution in [0, 0.1) is 0 Å². The molecule has 1 unspecified atom stereocenters. The zero-order valence-electron chi connectivity index (χ0n) is 15.2. The van der Waals surface area contributed by atoms with Crippen LogP contribution < -0.4 is 16.4 Å². The van der Waals surface area contributed by atoms with Crippen LogP contribution >= 0.6 is 0 Å². The number of nitrogens with zero attached hydrogens (tertiary/aromatic N) is 2. The molecule has 2 rings (SSSR count). The predicted molar refractivity (Wildman–Crippen MR) is 96.9 cm³/mol. The molecule has 0 aliphatic carbocycles. The molecule has 26 heavy (non-hydrogen) atoms. The number of nitrogens with one attached hydrogen (secondary N) is 2. The topological polar surface area (TPSA) is 119 Å². The Morgan fingerprint density at radius 2 is 1.77 bits per heavy atom. The molecular weight excluding hydrogens is 334 g/mol. The molecule has 8 heteroatoms. The van der Waals surface area contributed by atoms with Crippen LogP contribution in [0.4, 0.5) is 0 Å². The van der Waals surface area contributed by atoms with Gasteiger partial charge in [0.2, 0.25) is 5.91 Å². The second kappa shape index (κ2) is 7.38. The second-order valence-electron chi connectivity index (χ2n) is 6.96. The number of nitrogens with two attached hydrogens (primary N) is 1. The van der Waals surface area contributed by atoms with Crippen LogP contribution in [0.5, 0.6) is 0 Å². The lowest BCUT2D eigenvalue weighted by Crippen LogP contribution is -2.50. The maximum Gasteiger partial charge on any atom is 0.272 e. The summed E-state index contributed by atoms with van der Waals surface area (Å²) in [6.07, 6.45) is 0. The number of primary amides is 1. The Bertz CT molecular complexity index is 821. The van der Waals surface area contributed by atoms with Gasteiger partial charge in [0.15, 0.2) is 5.69 Å². The maximum absolute atomic E-state index is 12.4. The van der Waals surface area contributed by atoms with Crippen molar-refractivity contribution < 1.29 is 14.4 Å². The largest absolute Gasteiger partial charge is 0.364 e. The quantitative estimate of drug-likeness (QED) is 0.739. The van der Waals surface area contributed by atoms with Gasteiger partial charge >= 0.3 is 0 Å². The molecule has 0 aliphatic rings. The molecule has 0 radical (unpaired) electrons. The molecule has 1 heterocycles. The summed E-state index contributed by atoms with van der Waals surface area (Å²) in [5, 5.41) is 9.51. The van der Waals surface area contributed by atoms with Gasteiger partial charge < -0.3 is 16.4 Å². The highest BCUT2D eigenvalue weighted by atomic mass is 16.2. The van der Waals surface area contributed by atoms with Crippen LogP contribution in [0.15, 0.2) is 36.4 Å². The minimum Gasteiger partial charge on any atom is -0.364 e. The summed E-state index contributed by atoms with van der Waals surface area (Å²) in [7, 11) is 0. The van der Waals surface area contributed by atoms with Crippen molar-refractivity contribution in [2.75, 3.05) is 0 Å². The van der Waals surface area contributed by atoms with E-state index in [1.165, 1.54) is 10.7 Å².